The molecule has 1 N–H and O–H groups in total. The van der Waals surface area contributed by atoms with E-state index < -0.39 is 66.8 Å². The van der Waals surface area contributed by atoms with Gasteiger partial charge in [-0.3, -0.25) is 9.48 Å². The highest BCUT2D eigenvalue weighted by Gasteiger charge is 2.40. The number of hydrogen-bond donors (Lipinski definition) is 1. The van der Waals surface area contributed by atoms with Crippen molar-refractivity contribution >= 4 is 11.7 Å². The summed E-state index contributed by atoms with van der Waals surface area (Å²) in [7, 11) is 0. The van der Waals surface area contributed by atoms with Crippen molar-refractivity contribution in [3.05, 3.63) is 82.6 Å². The second-order valence-electron chi connectivity index (χ2n) is 7.05. The second-order valence-corrected chi connectivity index (χ2v) is 7.05. The Hall–Kier alpha value is -3.48. The molecule has 1 amide bonds. The van der Waals surface area contributed by atoms with E-state index in [1.807, 2.05) is 0 Å². The van der Waals surface area contributed by atoms with Crippen LogP contribution < -0.4 is 5.32 Å². The van der Waals surface area contributed by atoms with Crippen molar-refractivity contribution in [2.75, 3.05) is 11.9 Å². The molecule has 0 saturated heterocycles. The number of anilines is 1. The molecule has 2 aromatic carbocycles. The maximum Gasteiger partial charge on any atom is 0.330 e. The van der Waals surface area contributed by atoms with Crippen LogP contribution in [0.15, 0.2) is 42.6 Å². The van der Waals surface area contributed by atoms with Gasteiger partial charge in [-0.05, 0) is 17.7 Å². The summed E-state index contributed by atoms with van der Waals surface area (Å²) in [6, 6.07) is 6.79. The number of ether oxygens (including phenoxy) is 1. The third-order valence-corrected chi connectivity index (χ3v) is 4.48. The van der Waals surface area contributed by atoms with E-state index in [0.29, 0.717) is 0 Å². The summed E-state index contributed by atoms with van der Waals surface area (Å²) in [5.41, 5.74) is -0.605. The monoisotopic (exact) mass is 493 g/mol. The molecule has 0 radical (unpaired) electrons. The molecule has 182 valence electrons. The average molecular weight is 493 g/mol. The van der Waals surface area contributed by atoms with Crippen LogP contribution in [0.25, 0.3) is 0 Å². The largest absolute Gasteiger partial charge is 0.370 e. The lowest BCUT2D eigenvalue weighted by molar-refractivity contribution is -0.168. The van der Waals surface area contributed by atoms with E-state index in [9.17, 15) is 39.9 Å². The minimum absolute atomic E-state index is 0.0422. The first-order valence-corrected chi connectivity index (χ1v) is 9.47. The number of halogens is 8. The number of benzene rings is 2. The number of amides is 1. The van der Waals surface area contributed by atoms with Gasteiger partial charge in [-0.25, -0.2) is 26.3 Å². The number of aromatic nitrogens is 2. The zero-order valence-electron chi connectivity index (χ0n) is 17.0. The Balaban J connectivity index is 1.64. The Labute approximate surface area is 186 Å². The molecule has 3 rings (SSSR count). The lowest BCUT2D eigenvalue weighted by atomic mass is 10.1. The highest BCUT2D eigenvalue weighted by Crippen LogP contribution is 2.24. The third kappa shape index (κ3) is 5.90. The normalized spacial score (nSPS) is 11.8. The van der Waals surface area contributed by atoms with Gasteiger partial charge in [-0.2, -0.15) is 13.9 Å². The van der Waals surface area contributed by atoms with Gasteiger partial charge in [0.15, 0.2) is 29.1 Å². The topological polar surface area (TPSA) is 56.2 Å². The van der Waals surface area contributed by atoms with Gasteiger partial charge in [0, 0.05) is 23.9 Å². The van der Waals surface area contributed by atoms with Crippen molar-refractivity contribution in [2.24, 2.45) is 0 Å². The van der Waals surface area contributed by atoms with Crippen molar-refractivity contribution < 1.29 is 44.7 Å². The molecule has 0 saturated carbocycles. The molecule has 0 unspecified atom stereocenters. The third-order valence-electron chi connectivity index (χ3n) is 4.48. The van der Waals surface area contributed by atoms with Gasteiger partial charge in [0.05, 0.1) is 18.7 Å². The summed E-state index contributed by atoms with van der Waals surface area (Å²) < 4.78 is 110. The second kappa shape index (κ2) is 10.2. The first-order chi connectivity index (χ1) is 16.0. The van der Waals surface area contributed by atoms with Crippen LogP contribution in [-0.2, 0) is 17.9 Å². The first kappa shape index (κ1) is 25.1. The smallest absolute Gasteiger partial charge is 0.330 e. The lowest BCUT2D eigenvalue weighted by Crippen LogP contribution is -2.32. The van der Waals surface area contributed by atoms with Crippen LogP contribution in [0.2, 0.25) is 0 Å². The fourth-order valence-electron chi connectivity index (χ4n) is 2.80. The SMILES string of the molecule is O=C(Nc1ccn(Cc2c(F)c(F)cc(F)c2F)n1)c1cccc(COCC(F)(F)C(F)F)c1. The van der Waals surface area contributed by atoms with Crippen molar-refractivity contribution in [1.29, 1.82) is 0 Å². The molecule has 3 aromatic rings. The van der Waals surface area contributed by atoms with Gasteiger partial charge < -0.3 is 10.1 Å². The van der Waals surface area contributed by atoms with E-state index in [-0.39, 0.29) is 23.0 Å². The summed E-state index contributed by atoms with van der Waals surface area (Å²) in [6.45, 7) is -2.63. The summed E-state index contributed by atoms with van der Waals surface area (Å²) in [5.74, 6) is -11.4. The Bertz CT molecular complexity index is 1160. The van der Waals surface area contributed by atoms with Crippen LogP contribution in [0.3, 0.4) is 0 Å². The fraction of sp³-hybridized carbons (Fsp3) is 0.238. The molecule has 34 heavy (non-hydrogen) atoms. The molecule has 5 nitrogen and oxygen atoms in total. The minimum atomic E-state index is -4.31. The Morgan fingerprint density at radius 2 is 1.74 bits per heavy atom. The van der Waals surface area contributed by atoms with Gasteiger partial charge in [0.1, 0.15) is 6.61 Å². The molecule has 0 bridgehead atoms. The van der Waals surface area contributed by atoms with Crippen LogP contribution in [0.5, 0.6) is 0 Å². The summed E-state index contributed by atoms with van der Waals surface area (Å²) >= 11 is 0. The maximum absolute atomic E-state index is 13.8. The molecule has 0 aliphatic heterocycles. The van der Waals surface area contributed by atoms with Crippen LogP contribution in [0, 0.1) is 23.3 Å². The average Bonchev–Trinajstić information content (AvgIpc) is 3.22. The molecular formula is C21H15F8N3O2. The van der Waals surface area contributed by atoms with Crippen molar-refractivity contribution in [3.63, 3.8) is 0 Å². The van der Waals surface area contributed by atoms with Gasteiger partial charge in [-0.1, -0.05) is 12.1 Å². The van der Waals surface area contributed by atoms with Crippen LogP contribution >= 0.6 is 0 Å². The molecule has 0 fully saturated rings. The predicted octanol–water partition coefficient (Wildman–Crippen LogP) is 5.16. The number of alkyl halides is 4. The Kier molecular flexibility index (Phi) is 7.54. The Morgan fingerprint density at radius 3 is 2.38 bits per heavy atom. The zero-order valence-corrected chi connectivity index (χ0v) is 17.0. The number of carbonyl (C=O) groups excluding carboxylic acids is 1. The van der Waals surface area contributed by atoms with Crippen molar-refractivity contribution in [2.45, 2.75) is 25.5 Å². The minimum Gasteiger partial charge on any atom is -0.370 e. The fourth-order valence-corrected chi connectivity index (χ4v) is 2.80. The van der Waals surface area contributed by atoms with Gasteiger partial charge in [0.25, 0.3) is 5.91 Å². The van der Waals surface area contributed by atoms with E-state index >= 15 is 0 Å². The Morgan fingerprint density at radius 1 is 1.06 bits per heavy atom. The highest BCUT2D eigenvalue weighted by atomic mass is 19.3. The molecule has 0 aliphatic rings. The van der Waals surface area contributed by atoms with Crippen LogP contribution in [-0.4, -0.2) is 34.6 Å². The molecule has 1 aromatic heterocycles. The number of carbonyl (C=O) groups is 1. The van der Waals surface area contributed by atoms with E-state index in [1.54, 1.807) is 0 Å². The summed E-state index contributed by atoms with van der Waals surface area (Å²) in [6.07, 6.45) is -2.68. The van der Waals surface area contributed by atoms with E-state index in [1.165, 1.54) is 36.5 Å². The molecule has 0 atom stereocenters. The van der Waals surface area contributed by atoms with Crippen LogP contribution in [0.4, 0.5) is 40.9 Å². The van der Waals surface area contributed by atoms with Gasteiger partial charge in [-0.15, -0.1) is 0 Å². The van der Waals surface area contributed by atoms with Crippen LogP contribution in [0.1, 0.15) is 21.5 Å². The molecule has 0 aliphatic carbocycles. The van der Waals surface area contributed by atoms with Gasteiger partial charge >= 0.3 is 12.3 Å². The predicted molar refractivity (Wildman–Crippen MR) is 103 cm³/mol. The molecular weight excluding hydrogens is 478 g/mol. The standard InChI is InChI=1S/C21H15F8N3O2/c22-14-7-15(23)18(25)13(17(14)24)8-32-5-4-16(31-32)30-19(33)12-3-1-2-11(6-12)9-34-10-21(28,29)20(26)27/h1-7,20H,8-10H2,(H,30,31,33). The summed E-state index contributed by atoms with van der Waals surface area (Å²) in [4.78, 5) is 12.4. The molecule has 0 spiro atoms. The molecule has 1 heterocycles. The molecule has 13 heteroatoms. The van der Waals surface area contributed by atoms with E-state index in [0.717, 1.165) is 4.68 Å². The number of rotatable bonds is 9. The lowest BCUT2D eigenvalue weighted by Gasteiger charge is -2.15. The van der Waals surface area contributed by atoms with E-state index in [2.05, 4.69) is 15.2 Å². The quantitative estimate of drug-likeness (QED) is 0.331. The summed E-state index contributed by atoms with van der Waals surface area (Å²) in [5, 5.41) is 6.23. The van der Waals surface area contributed by atoms with Crippen molar-refractivity contribution in [1.82, 2.24) is 9.78 Å². The highest BCUT2D eigenvalue weighted by molar-refractivity contribution is 6.03. The maximum atomic E-state index is 13.8. The zero-order chi connectivity index (χ0) is 25.0. The number of hydrogen-bond acceptors (Lipinski definition) is 3. The van der Waals surface area contributed by atoms with Crippen molar-refractivity contribution in [3.8, 4) is 0 Å². The van der Waals surface area contributed by atoms with Gasteiger partial charge in [0.2, 0.25) is 0 Å². The van der Waals surface area contributed by atoms with E-state index in [4.69, 9.17) is 0 Å². The first-order valence-electron chi connectivity index (χ1n) is 9.47. The number of nitrogens with zero attached hydrogens (tertiary/aromatic N) is 2. The number of nitrogens with one attached hydrogen (secondary N) is 1.